The lowest BCUT2D eigenvalue weighted by molar-refractivity contribution is -0.126. The van der Waals surface area contributed by atoms with E-state index in [1.807, 2.05) is 22.9 Å². The Hall–Kier alpha value is -2.43. The number of aromatic nitrogens is 3. The van der Waals surface area contributed by atoms with Gasteiger partial charge in [0.2, 0.25) is 5.91 Å². The van der Waals surface area contributed by atoms with Crippen LogP contribution in [0.5, 0.6) is 0 Å². The molecule has 1 N–H and O–H groups in total. The van der Waals surface area contributed by atoms with Crippen LogP contribution in [0.3, 0.4) is 0 Å². The Balaban J connectivity index is 1.46. The second-order valence-corrected chi connectivity index (χ2v) is 7.86. The first kappa shape index (κ1) is 18.0. The molecule has 2 heterocycles. The van der Waals surface area contributed by atoms with Crippen molar-refractivity contribution in [2.24, 2.45) is 5.92 Å². The molecular formula is C22H28N4O. The van der Waals surface area contributed by atoms with Crippen LogP contribution in [-0.2, 0) is 4.79 Å². The van der Waals surface area contributed by atoms with Crippen molar-refractivity contribution < 1.29 is 4.79 Å². The van der Waals surface area contributed by atoms with Gasteiger partial charge in [-0.1, -0.05) is 37.5 Å². The Morgan fingerprint density at radius 3 is 2.70 bits per heavy atom. The molecule has 0 spiro atoms. The highest BCUT2D eigenvalue weighted by Crippen LogP contribution is 2.34. The number of carbonyl (C=O) groups is 1. The van der Waals surface area contributed by atoms with Crippen molar-refractivity contribution in [1.29, 1.82) is 0 Å². The maximum absolute atomic E-state index is 12.6. The van der Waals surface area contributed by atoms with Crippen LogP contribution in [0.2, 0.25) is 0 Å². The lowest BCUT2D eigenvalue weighted by atomic mass is 9.88. The Morgan fingerprint density at radius 2 is 1.96 bits per heavy atom. The van der Waals surface area contributed by atoms with Gasteiger partial charge in [-0.25, -0.2) is 9.67 Å². The van der Waals surface area contributed by atoms with E-state index in [1.165, 1.54) is 24.8 Å². The predicted molar refractivity (Wildman–Crippen MR) is 106 cm³/mol. The highest BCUT2D eigenvalue weighted by Gasteiger charge is 2.29. The quantitative estimate of drug-likeness (QED) is 0.835. The molecule has 2 aliphatic carbocycles. The second kappa shape index (κ2) is 7.67. The molecule has 5 heteroatoms. The average Bonchev–Trinajstić information content (AvgIpc) is 3.26. The molecule has 0 radical (unpaired) electrons. The number of allylic oxidation sites excluding steroid dienone is 1. The number of nitrogens with zero attached hydrogens (tertiary/aromatic N) is 3. The molecule has 142 valence electrons. The highest BCUT2D eigenvalue weighted by atomic mass is 16.1. The van der Waals surface area contributed by atoms with Crippen molar-refractivity contribution in [2.45, 2.75) is 64.3 Å². The van der Waals surface area contributed by atoms with Crippen LogP contribution in [0.4, 0.5) is 0 Å². The Morgan fingerprint density at radius 1 is 1.15 bits per heavy atom. The van der Waals surface area contributed by atoms with E-state index in [4.69, 9.17) is 5.10 Å². The summed E-state index contributed by atoms with van der Waals surface area (Å²) >= 11 is 0. The van der Waals surface area contributed by atoms with E-state index in [9.17, 15) is 4.79 Å². The smallest absolute Gasteiger partial charge is 0.223 e. The van der Waals surface area contributed by atoms with Crippen molar-refractivity contribution in [3.05, 3.63) is 53.5 Å². The van der Waals surface area contributed by atoms with E-state index in [-0.39, 0.29) is 17.9 Å². The predicted octanol–water partition coefficient (Wildman–Crippen LogP) is 3.99. The summed E-state index contributed by atoms with van der Waals surface area (Å²) in [4.78, 5) is 17.0. The highest BCUT2D eigenvalue weighted by molar-refractivity contribution is 5.79. The SMILES string of the molecule is Cc1nn(-c2ccccn2)c(C)c1[C@H]1C=C[C@@H](NC(=O)C2CCCCC2)C1. The minimum atomic E-state index is 0.126. The van der Waals surface area contributed by atoms with E-state index in [0.29, 0.717) is 5.92 Å². The summed E-state index contributed by atoms with van der Waals surface area (Å²) < 4.78 is 1.92. The number of aryl methyl sites for hydroxylation is 1. The topological polar surface area (TPSA) is 59.8 Å². The number of hydrogen-bond donors (Lipinski definition) is 1. The first-order valence-corrected chi connectivity index (χ1v) is 10.1. The third kappa shape index (κ3) is 3.68. The molecule has 0 aromatic carbocycles. The van der Waals surface area contributed by atoms with E-state index in [0.717, 1.165) is 36.5 Å². The van der Waals surface area contributed by atoms with Crippen LogP contribution in [-0.4, -0.2) is 26.7 Å². The van der Waals surface area contributed by atoms with Gasteiger partial charge in [0.15, 0.2) is 5.82 Å². The van der Waals surface area contributed by atoms with Crippen LogP contribution in [0.1, 0.15) is 61.4 Å². The van der Waals surface area contributed by atoms with Gasteiger partial charge >= 0.3 is 0 Å². The van der Waals surface area contributed by atoms with Gasteiger partial charge < -0.3 is 5.32 Å². The van der Waals surface area contributed by atoms with Gasteiger partial charge in [0.1, 0.15) is 0 Å². The maximum Gasteiger partial charge on any atom is 0.223 e. The van der Waals surface area contributed by atoms with E-state index < -0.39 is 0 Å². The molecule has 27 heavy (non-hydrogen) atoms. The van der Waals surface area contributed by atoms with Crippen molar-refractivity contribution in [2.75, 3.05) is 0 Å². The number of nitrogens with one attached hydrogen (secondary N) is 1. The first-order valence-electron chi connectivity index (χ1n) is 10.1. The van der Waals surface area contributed by atoms with Gasteiger partial charge in [0.25, 0.3) is 0 Å². The number of hydrogen-bond acceptors (Lipinski definition) is 3. The lowest BCUT2D eigenvalue weighted by Gasteiger charge is -2.23. The standard InChI is InChI=1S/C22H28N4O/c1-15-21(16(2)26(25-15)20-10-6-7-13-23-20)18-11-12-19(14-18)24-22(27)17-8-4-3-5-9-17/h6-7,10-13,17-19H,3-5,8-9,14H2,1-2H3,(H,24,27)/t18-,19+/m0/s1. The minimum absolute atomic E-state index is 0.126. The van der Waals surface area contributed by atoms with Crippen LogP contribution >= 0.6 is 0 Å². The first-order chi connectivity index (χ1) is 13.1. The normalized spacial score (nSPS) is 22.9. The number of rotatable bonds is 4. The molecule has 2 aromatic rings. The van der Waals surface area contributed by atoms with Crippen LogP contribution in [0.25, 0.3) is 5.82 Å². The zero-order valence-electron chi connectivity index (χ0n) is 16.2. The summed E-state index contributed by atoms with van der Waals surface area (Å²) in [6, 6.07) is 5.99. The zero-order valence-corrected chi connectivity index (χ0v) is 16.2. The molecule has 0 saturated heterocycles. The largest absolute Gasteiger partial charge is 0.350 e. The number of amides is 1. The third-order valence-electron chi connectivity index (χ3n) is 5.97. The van der Waals surface area contributed by atoms with Crippen molar-refractivity contribution in [1.82, 2.24) is 20.1 Å². The number of pyridine rings is 1. The molecule has 0 aliphatic heterocycles. The summed E-state index contributed by atoms with van der Waals surface area (Å²) in [5.74, 6) is 1.58. The van der Waals surface area contributed by atoms with E-state index in [2.05, 4.69) is 36.3 Å². The monoisotopic (exact) mass is 364 g/mol. The molecule has 2 aliphatic rings. The molecule has 1 fully saturated rings. The fourth-order valence-corrected chi connectivity index (χ4v) is 4.58. The average molecular weight is 364 g/mol. The molecule has 2 atom stereocenters. The number of carbonyl (C=O) groups excluding carboxylic acids is 1. The Labute approximate surface area is 160 Å². The van der Waals surface area contributed by atoms with Crippen molar-refractivity contribution >= 4 is 5.91 Å². The molecular weight excluding hydrogens is 336 g/mol. The van der Waals surface area contributed by atoms with Gasteiger partial charge in [-0.05, 0) is 45.2 Å². The lowest BCUT2D eigenvalue weighted by Crippen LogP contribution is -2.38. The fraction of sp³-hybridized carbons (Fsp3) is 0.500. The molecule has 5 nitrogen and oxygen atoms in total. The molecule has 2 aromatic heterocycles. The van der Waals surface area contributed by atoms with E-state index >= 15 is 0 Å². The van der Waals surface area contributed by atoms with Gasteiger partial charge in [0.05, 0.1) is 5.69 Å². The van der Waals surface area contributed by atoms with Crippen molar-refractivity contribution in [3.63, 3.8) is 0 Å². The summed E-state index contributed by atoms with van der Waals surface area (Å²) in [5, 5.41) is 7.98. The molecule has 4 rings (SSSR count). The van der Waals surface area contributed by atoms with Gasteiger partial charge in [-0.3, -0.25) is 4.79 Å². The summed E-state index contributed by atoms with van der Waals surface area (Å²) in [6.45, 7) is 4.16. The Kier molecular flexibility index (Phi) is 5.10. The molecule has 0 bridgehead atoms. The van der Waals surface area contributed by atoms with E-state index in [1.54, 1.807) is 6.20 Å². The zero-order chi connectivity index (χ0) is 18.8. The second-order valence-electron chi connectivity index (χ2n) is 7.86. The summed E-state index contributed by atoms with van der Waals surface area (Å²) in [5.41, 5.74) is 3.42. The third-order valence-corrected chi connectivity index (χ3v) is 5.97. The summed E-state index contributed by atoms with van der Waals surface area (Å²) in [7, 11) is 0. The minimum Gasteiger partial charge on any atom is -0.350 e. The van der Waals surface area contributed by atoms with Gasteiger partial charge in [-0.2, -0.15) is 5.10 Å². The fourth-order valence-electron chi connectivity index (χ4n) is 4.58. The molecule has 0 unspecified atom stereocenters. The maximum atomic E-state index is 12.6. The van der Waals surface area contributed by atoms with Crippen molar-refractivity contribution in [3.8, 4) is 5.82 Å². The van der Waals surface area contributed by atoms with Crippen LogP contribution in [0, 0.1) is 19.8 Å². The van der Waals surface area contributed by atoms with Crippen LogP contribution in [0.15, 0.2) is 36.5 Å². The van der Waals surface area contributed by atoms with Gasteiger partial charge in [0, 0.05) is 35.3 Å². The van der Waals surface area contributed by atoms with Gasteiger partial charge in [-0.15, -0.1) is 0 Å². The summed E-state index contributed by atoms with van der Waals surface area (Å²) in [6.07, 6.45) is 12.8. The Bertz CT molecular complexity index is 833. The molecule has 1 saturated carbocycles. The molecule has 1 amide bonds. The van der Waals surface area contributed by atoms with Crippen LogP contribution < -0.4 is 5.32 Å².